The van der Waals surface area contributed by atoms with E-state index in [1.54, 1.807) is 0 Å². The number of fused-ring (bicyclic) bond motifs is 5. The van der Waals surface area contributed by atoms with Crippen molar-refractivity contribution in [2.24, 2.45) is 28.6 Å². The van der Waals surface area contributed by atoms with Crippen molar-refractivity contribution in [3.63, 3.8) is 0 Å². The van der Waals surface area contributed by atoms with E-state index in [-0.39, 0.29) is 42.0 Å². The predicted molar refractivity (Wildman–Crippen MR) is 139 cm³/mol. The lowest BCUT2D eigenvalue weighted by Gasteiger charge is -2.58. The molecule has 7 atom stereocenters. The number of nitrogens with one attached hydrogen (secondary N) is 1. The van der Waals surface area contributed by atoms with Crippen LogP contribution in [0, 0.1) is 28.6 Å². The Morgan fingerprint density at radius 2 is 1.84 bits per heavy atom. The van der Waals surface area contributed by atoms with Gasteiger partial charge in [-0.1, -0.05) is 19.4 Å². The zero-order valence-electron chi connectivity index (χ0n) is 22.9. The van der Waals surface area contributed by atoms with Crippen LogP contribution in [0.25, 0.3) is 0 Å². The molecule has 2 N–H and O–H groups in total. The van der Waals surface area contributed by atoms with Crippen molar-refractivity contribution < 1.29 is 33.8 Å². The Bertz CT molecular complexity index is 1020. The first-order valence-electron chi connectivity index (χ1n) is 14.6. The van der Waals surface area contributed by atoms with Crippen LogP contribution in [0.3, 0.4) is 0 Å². The van der Waals surface area contributed by atoms with Gasteiger partial charge in [-0.3, -0.25) is 19.2 Å². The minimum atomic E-state index is -1.51. The number of ketones is 2. The lowest BCUT2D eigenvalue weighted by atomic mass is 9.46. The molecule has 38 heavy (non-hydrogen) atoms. The molecule has 4 fully saturated rings. The first-order valence-corrected chi connectivity index (χ1v) is 14.6. The molecule has 0 aromatic rings. The van der Waals surface area contributed by atoms with Crippen LogP contribution < -0.4 is 5.32 Å². The Morgan fingerprint density at radius 3 is 2.61 bits per heavy atom. The predicted octanol–water partition coefficient (Wildman–Crippen LogP) is 3.44. The standard InChI is InChI=1S/C30H43NO7/c1-28-12-9-20(32)16-19(28)5-6-22-23(28)10-13-29(2)24(22)11-14-30(29,36)25(33)18-38-27(35)8-7-26(34)31-17-21-4-3-15-37-21/h16,21-24,36H,3-15,17-18H2,1-2H3,(H,31,34)/t21?,22?,23?,24?,28-,29-,30-/m1/s1. The summed E-state index contributed by atoms with van der Waals surface area (Å²) in [6.07, 6.45) is 10.00. The van der Waals surface area contributed by atoms with Gasteiger partial charge >= 0.3 is 5.97 Å². The Morgan fingerprint density at radius 1 is 1.05 bits per heavy atom. The molecular formula is C30H43NO7. The molecule has 8 heteroatoms. The highest BCUT2D eigenvalue weighted by Crippen LogP contribution is 2.67. The Balaban J connectivity index is 1.15. The van der Waals surface area contributed by atoms with Gasteiger partial charge in [0.15, 0.2) is 12.4 Å². The highest BCUT2D eigenvalue weighted by Gasteiger charge is 2.66. The van der Waals surface area contributed by atoms with Gasteiger partial charge in [-0.05, 0) is 87.0 Å². The smallest absolute Gasteiger partial charge is 0.306 e. The van der Waals surface area contributed by atoms with E-state index in [1.165, 1.54) is 5.57 Å². The topological polar surface area (TPSA) is 119 Å². The molecular weight excluding hydrogens is 486 g/mol. The summed E-state index contributed by atoms with van der Waals surface area (Å²) >= 11 is 0. The number of hydrogen-bond donors (Lipinski definition) is 2. The third-order valence-corrected chi connectivity index (χ3v) is 11.0. The maximum Gasteiger partial charge on any atom is 0.306 e. The lowest BCUT2D eigenvalue weighted by Crippen LogP contribution is -2.58. The largest absolute Gasteiger partial charge is 0.458 e. The maximum absolute atomic E-state index is 13.3. The minimum absolute atomic E-state index is 0.00628. The monoisotopic (exact) mass is 529 g/mol. The number of allylic oxidation sites excluding steroid dienone is 1. The van der Waals surface area contributed by atoms with Crippen LogP contribution >= 0.6 is 0 Å². The van der Waals surface area contributed by atoms with Gasteiger partial charge in [0.1, 0.15) is 5.60 Å². The van der Waals surface area contributed by atoms with Gasteiger partial charge in [0, 0.05) is 31.4 Å². The highest BCUT2D eigenvalue weighted by atomic mass is 16.5. The van der Waals surface area contributed by atoms with E-state index in [2.05, 4.69) is 19.2 Å². The number of Topliss-reactive ketones (excluding diaryl/α,β-unsaturated/α-hetero) is 1. The third kappa shape index (κ3) is 4.76. The van der Waals surface area contributed by atoms with Crippen LogP contribution in [-0.4, -0.2) is 60.0 Å². The molecule has 0 spiro atoms. The molecule has 5 rings (SSSR count). The minimum Gasteiger partial charge on any atom is -0.458 e. The van der Waals surface area contributed by atoms with Gasteiger partial charge < -0.3 is 19.9 Å². The van der Waals surface area contributed by atoms with Gasteiger partial charge in [-0.25, -0.2) is 0 Å². The van der Waals surface area contributed by atoms with E-state index in [9.17, 15) is 24.3 Å². The Kier molecular flexibility index (Phi) is 7.59. The second-order valence-corrected chi connectivity index (χ2v) is 12.8. The van der Waals surface area contributed by atoms with Crippen LogP contribution in [0.2, 0.25) is 0 Å². The van der Waals surface area contributed by atoms with Crippen molar-refractivity contribution in [2.75, 3.05) is 19.8 Å². The van der Waals surface area contributed by atoms with Gasteiger partial charge in [0.05, 0.1) is 12.5 Å². The fraction of sp³-hybridized carbons (Fsp3) is 0.800. The average Bonchev–Trinajstić information content (AvgIpc) is 3.51. The second-order valence-electron chi connectivity index (χ2n) is 12.8. The summed E-state index contributed by atoms with van der Waals surface area (Å²) < 4.78 is 10.7. The third-order valence-electron chi connectivity index (χ3n) is 11.0. The van der Waals surface area contributed by atoms with Crippen LogP contribution in [0.15, 0.2) is 11.6 Å². The summed E-state index contributed by atoms with van der Waals surface area (Å²) in [6.45, 7) is 5.07. The number of ether oxygens (including phenoxy) is 2. The van der Waals surface area contributed by atoms with Crippen LogP contribution in [0.5, 0.6) is 0 Å². The molecule has 1 saturated heterocycles. The SMILES string of the molecule is C[C@@]12CCC(=O)C=C1CCC1C2CC[C@]2(C)C1CC[C@@]2(O)C(=O)COC(=O)CCC(=O)NCC1CCCO1. The molecule has 4 aliphatic carbocycles. The van der Waals surface area contributed by atoms with Crippen molar-refractivity contribution in [1.82, 2.24) is 5.32 Å². The Labute approximate surface area is 225 Å². The van der Waals surface area contributed by atoms with Crippen molar-refractivity contribution in [3.8, 4) is 0 Å². The molecule has 1 aliphatic heterocycles. The van der Waals surface area contributed by atoms with Crippen LogP contribution in [-0.2, 0) is 28.7 Å². The van der Waals surface area contributed by atoms with Crippen molar-refractivity contribution in [3.05, 3.63) is 11.6 Å². The number of carbonyl (C=O) groups is 4. The number of rotatable bonds is 8. The van der Waals surface area contributed by atoms with Gasteiger partial charge in [0.2, 0.25) is 11.7 Å². The summed E-state index contributed by atoms with van der Waals surface area (Å²) in [4.78, 5) is 49.7. The van der Waals surface area contributed by atoms with E-state index in [4.69, 9.17) is 9.47 Å². The summed E-state index contributed by atoms with van der Waals surface area (Å²) in [6, 6.07) is 0. The van der Waals surface area contributed by atoms with E-state index in [0.29, 0.717) is 37.8 Å². The summed E-state index contributed by atoms with van der Waals surface area (Å²) in [5.41, 5.74) is -0.729. The molecule has 5 aliphatic rings. The fourth-order valence-electron chi connectivity index (χ4n) is 8.71. The summed E-state index contributed by atoms with van der Waals surface area (Å²) in [7, 11) is 0. The molecule has 8 nitrogen and oxygen atoms in total. The fourth-order valence-corrected chi connectivity index (χ4v) is 8.71. The van der Waals surface area contributed by atoms with Crippen molar-refractivity contribution in [2.45, 2.75) is 103 Å². The molecule has 0 aromatic carbocycles. The second kappa shape index (κ2) is 10.5. The van der Waals surface area contributed by atoms with Gasteiger partial charge in [-0.2, -0.15) is 0 Å². The van der Waals surface area contributed by atoms with E-state index in [1.807, 2.05) is 6.08 Å². The molecule has 0 bridgehead atoms. The molecule has 210 valence electrons. The summed E-state index contributed by atoms with van der Waals surface area (Å²) in [5, 5.41) is 14.5. The molecule has 1 amide bonds. The van der Waals surface area contributed by atoms with Crippen LogP contribution in [0.1, 0.15) is 90.9 Å². The highest BCUT2D eigenvalue weighted by molar-refractivity contribution is 5.92. The number of esters is 1. The number of carbonyl (C=O) groups excluding carboxylic acids is 4. The first-order chi connectivity index (χ1) is 18.1. The van der Waals surface area contributed by atoms with Gasteiger partial charge in [0.25, 0.3) is 0 Å². The zero-order valence-corrected chi connectivity index (χ0v) is 22.9. The summed E-state index contributed by atoms with van der Waals surface area (Å²) in [5.74, 6) is 0.0801. The quantitative estimate of drug-likeness (QED) is 0.462. The number of amides is 1. The normalized spacial score (nSPS) is 40.0. The van der Waals surface area contributed by atoms with Crippen molar-refractivity contribution >= 4 is 23.4 Å². The molecule has 1 heterocycles. The van der Waals surface area contributed by atoms with Crippen molar-refractivity contribution in [1.29, 1.82) is 0 Å². The van der Waals surface area contributed by atoms with Crippen LogP contribution in [0.4, 0.5) is 0 Å². The molecule has 3 saturated carbocycles. The maximum atomic E-state index is 13.3. The number of aliphatic hydroxyl groups is 1. The first kappa shape index (κ1) is 27.5. The van der Waals surface area contributed by atoms with E-state index >= 15 is 0 Å². The average molecular weight is 530 g/mol. The molecule has 4 unspecified atom stereocenters. The van der Waals surface area contributed by atoms with E-state index < -0.39 is 29.4 Å². The van der Waals surface area contributed by atoms with E-state index in [0.717, 1.165) is 51.4 Å². The zero-order chi connectivity index (χ0) is 27.1. The lowest BCUT2D eigenvalue weighted by molar-refractivity contribution is -0.170. The molecule has 0 aromatic heterocycles. The Hall–Kier alpha value is -2.06. The number of hydrogen-bond acceptors (Lipinski definition) is 7. The molecule has 0 radical (unpaired) electrons. The van der Waals surface area contributed by atoms with Gasteiger partial charge in [-0.15, -0.1) is 0 Å².